The molecule has 0 saturated carbocycles. The molecule has 6 heteroatoms. The summed E-state index contributed by atoms with van der Waals surface area (Å²) in [5, 5.41) is 0. The van der Waals surface area contributed by atoms with E-state index in [-0.39, 0.29) is 24.3 Å². The Morgan fingerprint density at radius 3 is 2.24 bits per heavy atom. The second-order valence-corrected chi connectivity index (χ2v) is 6.14. The first-order chi connectivity index (χ1) is 11.8. The zero-order valence-electron chi connectivity index (χ0n) is 14.5. The van der Waals surface area contributed by atoms with Crippen LogP contribution in [0.4, 0.5) is 13.2 Å². The summed E-state index contributed by atoms with van der Waals surface area (Å²) in [5.41, 5.74) is 1.42. The summed E-state index contributed by atoms with van der Waals surface area (Å²) in [7, 11) is 3.41. The predicted octanol–water partition coefficient (Wildman–Crippen LogP) is 3.76. The largest absolute Gasteiger partial charge is 0.340 e. The minimum atomic E-state index is -0.905. The summed E-state index contributed by atoms with van der Waals surface area (Å²) in [6.07, 6.45) is 0. The van der Waals surface area contributed by atoms with E-state index in [9.17, 15) is 18.0 Å². The van der Waals surface area contributed by atoms with E-state index in [1.54, 1.807) is 36.0 Å². The van der Waals surface area contributed by atoms with Crippen LogP contribution in [0.15, 0.2) is 42.5 Å². The van der Waals surface area contributed by atoms with Crippen LogP contribution in [0.5, 0.6) is 0 Å². The Morgan fingerprint density at radius 1 is 1.00 bits per heavy atom. The van der Waals surface area contributed by atoms with Gasteiger partial charge in [0.2, 0.25) is 5.91 Å². The van der Waals surface area contributed by atoms with Gasteiger partial charge in [-0.2, -0.15) is 0 Å². The van der Waals surface area contributed by atoms with Crippen molar-refractivity contribution in [1.29, 1.82) is 0 Å². The summed E-state index contributed by atoms with van der Waals surface area (Å²) in [6.45, 7) is 2.31. The van der Waals surface area contributed by atoms with Gasteiger partial charge in [-0.25, -0.2) is 13.2 Å². The average Bonchev–Trinajstić information content (AvgIpc) is 2.58. The van der Waals surface area contributed by atoms with Gasteiger partial charge in [-0.05, 0) is 49.4 Å². The van der Waals surface area contributed by atoms with Gasteiger partial charge in [0.25, 0.3) is 0 Å². The molecule has 25 heavy (non-hydrogen) atoms. The van der Waals surface area contributed by atoms with Crippen LogP contribution in [0.2, 0.25) is 0 Å². The first-order valence-corrected chi connectivity index (χ1v) is 7.91. The van der Waals surface area contributed by atoms with Crippen LogP contribution in [0.25, 0.3) is 0 Å². The van der Waals surface area contributed by atoms with Gasteiger partial charge in [-0.1, -0.05) is 18.2 Å². The highest BCUT2D eigenvalue weighted by Gasteiger charge is 2.18. The maximum atomic E-state index is 13.4. The zero-order valence-corrected chi connectivity index (χ0v) is 14.5. The SMILES string of the molecule is CC(c1ccc(F)c(F)c1)N(C)CC(=O)N(C)Cc1ccc(F)cc1. The van der Waals surface area contributed by atoms with Gasteiger partial charge in [-0.3, -0.25) is 9.69 Å². The third kappa shape index (κ3) is 5.06. The van der Waals surface area contributed by atoms with Crippen LogP contribution < -0.4 is 0 Å². The lowest BCUT2D eigenvalue weighted by Gasteiger charge is -2.27. The molecule has 1 unspecified atom stereocenters. The lowest BCUT2D eigenvalue weighted by molar-refractivity contribution is -0.131. The third-order valence-electron chi connectivity index (χ3n) is 4.23. The summed E-state index contributed by atoms with van der Waals surface area (Å²) in [5.74, 6) is -2.25. The smallest absolute Gasteiger partial charge is 0.236 e. The summed E-state index contributed by atoms with van der Waals surface area (Å²) in [4.78, 5) is 15.7. The van der Waals surface area contributed by atoms with Crippen molar-refractivity contribution in [3.8, 4) is 0 Å². The van der Waals surface area contributed by atoms with Crippen molar-refractivity contribution in [2.45, 2.75) is 19.5 Å². The number of carbonyl (C=O) groups excluding carboxylic acids is 1. The van der Waals surface area contributed by atoms with Crippen LogP contribution in [-0.4, -0.2) is 36.3 Å². The second-order valence-electron chi connectivity index (χ2n) is 6.14. The van der Waals surface area contributed by atoms with E-state index in [0.29, 0.717) is 12.1 Å². The Hall–Kier alpha value is -2.34. The number of rotatable bonds is 6. The van der Waals surface area contributed by atoms with E-state index in [0.717, 1.165) is 17.7 Å². The normalized spacial score (nSPS) is 12.3. The van der Waals surface area contributed by atoms with Gasteiger partial charge in [0, 0.05) is 19.6 Å². The molecule has 0 aliphatic carbocycles. The average molecular weight is 350 g/mol. The van der Waals surface area contributed by atoms with E-state index in [1.165, 1.54) is 18.2 Å². The van der Waals surface area contributed by atoms with Gasteiger partial charge in [0.05, 0.1) is 6.54 Å². The second kappa shape index (κ2) is 8.16. The fourth-order valence-electron chi connectivity index (χ4n) is 2.45. The molecule has 0 saturated heterocycles. The van der Waals surface area contributed by atoms with E-state index >= 15 is 0 Å². The van der Waals surface area contributed by atoms with Crippen molar-refractivity contribution >= 4 is 5.91 Å². The first kappa shape index (κ1) is 19.0. The molecule has 0 aliphatic rings. The summed E-state index contributed by atoms with van der Waals surface area (Å²) in [6, 6.07) is 9.45. The molecule has 0 bridgehead atoms. The molecule has 134 valence electrons. The molecule has 0 fully saturated rings. The first-order valence-electron chi connectivity index (χ1n) is 7.91. The minimum absolute atomic E-state index is 0.123. The fourth-order valence-corrected chi connectivity index (χ4v) is 2.45. The number of likely N-dealkylation sites (N-methyl/N-ethyl adjacent to an activating group) is 2. The van der Waals surface area contributed by atoms with Crippen molar-refractivity contribution in [3.63, 3.8) is 0 Å². The molecule has 0 spiro atoms. The molecule has 2 rings (SSSR count). The lowest BCUT2D eigenvalue weighted by Crippen LogP contribution is -2.37. The van der Waals surface area contributed by atoms with Gasteiger partial charge in [0.1, 0.15) is 5.82 Å². The monoisotopic (exact) mass is 350 g/mol. The van der Waals surface area contributed by atoms with Crippen molar-refractivity contribution in [1.82, 2.24) is 9.80 Å². The number of halogens is 3. The van der Waals surface area contributed by atoms with Crippen LogP contribution in [-0.2, 0) is 11.3 Å². The Morgan fingerprint density at radius 2 is 1.64 bits per heavy atom. The van der Waals surface area contributed by atoms with E-state index in [1.807, 2.05) is 6.92 Å². The molecule has 0 aromatic heterocycles. The number of amides is 1. The zero-order chi connectivity index (χ0) is 18.6. The van der Waals surface area contributed by atoms with Gasteiger partial charge >= 0.3 is 0 Å². The Bertz CT molecular complexity index is 734. The molecule has 0 heterocycles. The molecular weight excluding hydrogens is 329 g/mol. The molecular formula is C19H21F3N2O. The minimum Gasteiger partial charge on any atom is -0.340 e. The maximum absolute atomic E-state index is 13.4. The molecule has 1 amide bonds. The van der Waals surface area contributed by atoms with Crippen LogP contribution >= 0.6 is 0 Å². The topological polar surface area (TPSA) is 23.6 Å². The molecule has 0 aliphatic heterocycles. The van der Waals surface area contributed by atoms with Crippen LogP contribution in [0.3, 0.4) is 0 Å². The van der Waals surface area contributed by atoms with Crippen LogP contribution in [0, 0.1) is 17.5 Å². The number of nitrogens with zero attached hydrogens (tertiary/aromatic N) is 2. The summed E-state index contributed by atoms with van der Waals surface area (Å²) >= 11 is 0. The van der Waals surface area contributed by atoms with Crippen molar-refractivity contribution < 1.29 is 18.0 Å². The highest BCUT2D eigenvalue weighted by atomic mass is 19.2. The highest BCUT2D eigenvalue weighted by molar-refractivity contribution is 5.78. The van der Waals surface area contributed by atoms with Crippen molar-refractivity contribution in [2.24, 2.45) is 0 Å². The lowest BCUT2D eigenvalue weighted by atomic mass is 10.1. The van der Waals surface area contributed by atoms with E-state index in [4.69, 9.17) is 0 Å². The molecule has 2 aromatic carbocycles. The predicted molar refractivity (Wildman–Crippen MR) is 90.3 cm³/mol. The van der Waals surface area contributed by atoms with Gasteiger partial charge in [0.15, 0.2) is 11.6 Å². The van der Waals surface area contributed by atoms with Gasteiger partial charge in [-0.15, -0.1) is 0 Å². The molecule has 3 nitrogen and oxygen atoms in total. The Labute approximate surface area is 145 Å². The molecule has 1 atom stereocenters. The Kier molecular flexibility index (Phi) is 6.20. The number of benzene rings is 2. The summed E-state index contributed by atoms with van der Waals surface area (Å²) < 4.78 is 39.3. The van der Waals surface area contributed by atoms with Crippen molar-refractivity contribution in [2.75, 3.05) is 20.6 Å². The standard InChI is InChI=1S/C19H21F3N2O/c1-13(15-6-9-17(21)18(22)10-15)23(2)12-19(25)24(3)11-14-4-7-16(20)8-5-14/h4-10,13H,11-12H2,1-3H3. The van der Waals surface area contributed by atoms with Gasteiger partial charge < -0.3 is 4.90 Å². The quantitative estimate of drug-likeness (QED) is 0.792. The Balaban J connectivity index is 1.95. The maximum Gasteiger partial charge on any atom is 0.236 e. The number of carbonyl (C=O) groups is 1. The van der Waals surface area contributed by atoms with Crippen molar-refractivity contribution in [3.05, 3.63) is 71.0 Å². The number of hydrogen-bond acceptors (Lipinski definition) is 2. The fraction of sp³-hybridized carbons (Fsp3) is 0.316. The molecule has 0 radical (unpaired) electrons. The van der Waals surface area contributed by atoms with Crippen LogP contribution in [0.1, 0.15) is 24.1 Å². The van der Waals surface area contributed by atoms with E-state index in [2.05, 4.69) is 0 Å². The highest BCUT2D eigenvalue weighted by Crippen LogP contribution is 2.21. The molecule has 2 aromatic rings. The molecule has 0 N–H and O–H groups in total. The van der Waals surface area contributed by atoms with E-state index < -0.39 is 11.6 Å². The number of hydrogen-bond donors (Lipinski definition) is 0. The third-order valence-corrected chi connectivity index (χ3v) is 4.23.